The largest absolute Gasteiger partial charge is 0.336 e. The van der Waals surface area contributed by atoms with Gasteiger partial charge in [0.15, 0.2) is 0 Å². The second kappa shape index (κ2) is 6.50. The minimum absolute atomic E-state index is 0. The first-order valence-corrected chi connectivity index (χ1v) is 7.23. The molecule has 3 rings (SSSR count). The summed E-state index contributed by atoms with van der Waals surface area (Å²) >= 11 is 0. The fraction of sp³-hybridized carbons (Fsp3) is 0.375. The van der Waals surface area contributed by atoms with Crippen LogP contribution in [-0.2, 0) is 0 Å². The number of pyridine rings is 1. The number of nitrogens with zero attached hydrogens (tertiary/aromatic N) is 1. The minimum atomic E-state index is -0.251. The lowest BCUT2D eigenvalue weighted by Gasteiger charge is -2.22. The Kier molecular flexibility index (Phi) is 4.88. The number of hydrogen-bond acceptors (Lipinski definition) is 3. The van der Waals surface area contributed by atoms with Gasteiger partial charge < -0.3 is 15.6 Å². The van der Waals surface area contributed by atoms with Gasteiger partial charge in [0.05, 0.1) is 5.56 Å². The monoisotopic (exact) mass is 321 g/mol. The second-order valence-corrected chi connectivity index (χ2v) is 5.74. The number of rotatable bonds is 2. The van der Waals surface area contributed by atoms with Crippen LogP contribution in [0.5, 0.6) is 0 Å². The highest BCUT2D eigenvalue weighted by atomic mass is 35.5. The van der Waals surface area contributed by atoms with E-state index in [4.69, 9.17) is 5.73 Å². The molecule has 2 atom stereocenters. The third kappa shape index (κ3) is 2.87. The quantitative estimate of drug-likeness (QED) is 0.884. The topological polar surface area (TPSA) is 79.2 Å². The maximum atomic E-state index is 12.8. The van der Waals surface area contributed by atoms with Crippen LogP contribution in [0.25, 0.3) is 10.9 Å². The zero-order valence-electron chi connectivity index (χ0n) is 12.4. The van der Waals surface area contributed by atoms with Gasteiger partial charge in [-0.2, -0.15) is 0 Å². The van der Waals surface area contributed by atoms with Crippen LogP contribution in [0, 0.1) is 5.92 Å². The summed E-state index contributed by atoms with van der Waals surface area (Å²) in [7, 11) is 0. The van der Waals surface area contributed by atoms with E-state index in [1.807, 2.05) is 36.1 Å². The maximum absolute atomic E-state index is 12.8. The number of H-pyrrole nitrogens is 1. The first-order chi connectivity index (χ1) is 10.1. The molecular weight excluding hydrogens is 302 g/mol. The summed E-state index contributed by atoms with van der Waals surface area (Å²) in [6.07, 6.45) is 0.920. The number of likely N-dealkylation sites (tertiary alicyclic amines) is 1. The van der Waals surface area contributed by atoms with Crippen LogP contribution in [0.3, 0.4) is 0 Å². The number of aromatic nitrogens is 1. The van der Waals surface area contributed by atoms with E-state index in [2.05, 4.69) is 4.98 Å². The number of fused-ring (bicyclic) bond motifs is 1. The molecule has 2 aromatic rings. The van der Waals surface area contributed by atoms with Gasteiger partial charge in [-0.05, 0) is 31.9 Å². The summed E-state index contributed by atoms with van der Waals surface area (Å²) in [5.74, 6) is 0.262. The van der Waals surface area contributed by atoms with Crippen LogP contribution >= 0.6 is 12.4 Å². The average molecular weight is 322 g/mol. The molecule has 6 heteroatoms. The van der Waals surface area contributed by atoms with Gasteiger partial charge >= 0.3 is 0 Å². The lowest BCUT2D eigenvalue weighted by Crippen LogP contribution is -2.35. The molecule has 5 nitrogen and oxygen atoms in total. The normalized spacial score (nSPS) is 20.9. The van der Waals surface area contributed by atoms with Gasteiger partial charge in [-0.15, -0.1) is 12.4 Å². The van der Waals surface area contributed by atoms with Crippen molar-refractivity contribution in [2.24, 2.45) is 11.7 Å². The predicted octanol–water partition coefficient (Wildman–Crippen LogP) is 1.76. The smallest absolute Gasteiger partial charge is 0.254 e. The molecule has 1 aliphatic rings. The minimum Gasteiger partial charge on any atom is -0.336 e. The SMILES string of the molecule is CC1CC(CN)CN1C(=O)c1cc(=O)[nH]c2ccccc12.Cl. The Morgan fingerprint density at radius 3 is 2.82 bits per heavy atom. The fourth-order valence-electron chi connectivity index (χ4n) is 3.13. The first-order valence-electron chi connectivity index (χ1n) is 7.23. The van der Waals surface area contributed by atoms with E-state index in [0.29, 0.717) is 30.1 Å². The predicted molar refractivity (Wildman–Crippen MR) is 89.5 cm³/mol. The number of amides is 1. The first kappa shape index (κ1) is 16.5. The van der Waals surface area contributed by atoms with Gasteiger partial charge in [-0.3, -0.25) is 9.59 Å². The molecule has 2 heterocycles. The number of hydrogen-bond donors (Lipinski definition) is 2. The summed E-state index contributed by atoms with van der Waals surface area (Å²) in [6, 6.07) is 8.93. The molecule has 22 heavy (non-hydrogen) atoms. The number of nitrogens with two attached hydrogens (primary N) is 1. The molecule has 1 fully saturated rings. The summed E-state index contributed by atoms with van der Waals surface area (Å²) in [4.78, 5) is 29.2. The molecule has 0 saturated carbocycles. The van der Waals surface area contributed by atoms with E-state index < -0.39 is 0 Å². The van der Waals surface area contributed by atoms with Crippen molar-refractivity contribution in [2.75, 3.05) is 13.1 Å². The second-order valence-electron chi connectivity index (χ2n) is 5.74. The summed E-state index contributed by atoms with van der Waals surface area (Å²) in [6.45, 7) is 3.28. The molecule has 0 bridgehead atoms. The van der Waals surface area contributed by atoms with E-state index in [9.17, 15) is 9.59 Å². The van der Waals surface area contributed by atoms with Crippen LogP contribution in [0.2, 0.25) is 0 Å². The Morgan fingerprint density at radius 1 is 1.41 bits per heavy atom. The van der Waals surface area contributed by atoms with Gasteiger partial charge in [0, 0.05) is 29.6 Å². The van der Waals surface area contributed by atoms with E-state index in [-0.39, 0.29) is 29.9 Å². The maximum Gasteiger partial charge on any atom is 0.254 e. The average Bonchev–Trinajstić information content (AvgIpc) is 2.86. The molecule has 0 aliphatic carbocycles. The van der Waals surface area contributed by atoms with Gasteiger partial charge in [-0.25, -0.2) is 0 Å². The van der Waals surface area contributed by atoms with Gasteiger partial charge in [0.1, 0.15) is 0 Å². The Hall–Kier alpha value is -1.85. The third-order valence-electron chi connectivity index (χ3n) is 4.24. The number of benzene rings is 1. The van der Waals surface area contributed by atoms with E-state index in [1.165, 1.54) is 6.07 Å². The molecular formula is C16H20ClN3O2. The molecule has 1 aromatic carbocycles. The standard InChI is InChI=1S/C16H19N3O2.ClH/c1-10-6-11(8-17)9-19(10)16(21)13-7-15(20)18-14-5-3-2-4-12(13)14;/h2-5,7,10-11H,6,8-9,17H2,1H3,(H,18,20);1H. The van der Waals surface area contributed by atoms with Gasteiger partial charge in [0.2, 0.25) is 5.56 Å². The van der Waals surface area contributed by atoms with Crippen molar-refractivity contribution in [3.63, 3.8) is 0 Å². The van der Waals surface area contributed by atoms with Gasteiger partial charge in [-0.1, -0.05) is 18.2 Å². The number of nitrogens with one attached hydrogen (secondary N) is 1. The van der Waals surface area contributed by atoms with Crippen molar-refractivity contribution < 1.29 is 4.79 Å². The number of carbonyl (C=O) groups is 1. The van der Waals surface area contributed by atoms with Crippen LogP contribution in [0.1, 0.15) is 23.7 Å². The van der Waals surface area contributed by atoms with Crippen molar-refractivity contribution in [3.8, 4) is 0 Å². The lowest BCUT2D eigenvalue weighted by molar-refractivity contribution is 0.0745. The fourth-order valence-corrected chi connectivity index (χ4v) is 3.13. The van der Waals surface area contributed by atoms with Crippen molar-refractivity contribution in [1.82, 2.24) is 9.88 Å². The van der Waals surface area contributed by atoms with E-state index in [0.717, 1.165) is 11.8 Å². The van der Waals surface area contributed by atoms with Crippen LogP contribution < -0.4 is 11.3 Å². The Labute approximate surface area is 134 Å². The van der Waals surface area contributed by atoms with Crippen LogP contribution in [-0.4, -0.2) is 34.9 Å². The molecule has 1 saturated heterocycles. The van der Waals surface area contributed by atoms with Gasteiger partial charge in [0.25, 0.3) is 5.91 Å². The number of halogens is 1. The molecule has 1 aromatic heterocycles. The van der Waals surface area contributed by atoms with Crippen molar-refractivity contribution >= 4 is 29.2 Å². The van der Waals surface area contributed by atoms with Crippen LogP contribution in [0.4, 0.5) is 0 Å². The zero-order valence-corrected chi connectivity index (χ0v) is 13.2. The number of carbonyl (C=O) groups excluding carboxylic acids is 1. The van der Waals surface area contributed by atoms with Crippen LogP contribution in [0.15, 0.2) is 35.1 Å². The Bertz CT molecular complexity index is 743. The molecule has 0 radical (unpaired) electrons. The molecule has 2 unspecified atom stereocenters. The van der Waals surface area contributed by atoms with Crippen molar-refractivity contribution in [3.05, 3.63) is 46.2 Å². The van der Waals surface area contributed by atoms with E-state index >= 15 is 0 Å². The summed E-state index contributed by atoms with van der Waals surface area (Å²) in [5, 5.41) is 0.783. The molecule has 118 valence electrons. The highest BCUT2D eigenvalue weighted by molar-refractivity contribution is 6.06. The Morgan fingerprint density at radius 2 is 2.14 bits per heavy atom. The highest BCUT2D eigenvalue weighted by Crippen LogP contribution is 2.25. The Balaban J connectivity index is 0.00000176. The van der Waals surface area contributed by atoms with E-state index in [1.54, 1.807) is 0 Å². The summed E-state index contributed by atoms with van der Waals surface area (Å²) in [5.41, 5.74) is 6.63. The number of aromatic amines is 1. The zero-order chi connectivity index (χ0) is 15.0. The molecule has 3 N–H and O–H groups in total. The molecule has 0 spiro atoms. The highest BCUT2D eigenvalue weighted by Gasteiger charge is 2.32. The summed E-state index contributed by atoms with van der Waals surface area (Å²) < 4.78 is 0. The number of para-hydroxylation sites is 1. The lowest BCUT2D eigenvalue weighted by atomic mass is 10.1. The molecule has 1 amide bonds. The molecule has 1 aliphatic heterocycles. The van der Waals surface area contributed by atoms with Crippen molar-refractivity contribution in [2.45, 2.75) is 19.4 Å². The van der Waals surface area contributed by atoms with Crippen molar-refractivity contribution in [1.29, 1.82) is 0 Å². The third-order valence-corrected chi connectivity index (χ3v) is 4.24.